The second kappa shape index (κ2) is 6.50. The van der Waals surface area contributed by atoms with Crippen LogP contribution in [0.1, 0.15) is 39.5 Å². The van der Waals surface area contributed by atoms with Crippen LogP contribution in [0.15, 0.2) is 0 Å². The number of hydrogen-bond acceptors (Lipinski definition) is 4. The molecule has 1 saturated carbocycles. The van der Waals surface area contributed by atoms with Crippen LogP contribution in [-0.2, 0) is 9.53 Å². The minimum Gasteiger partial charge on any atom is -0.383 e. The molecule has 0 heterocycles. The third-order valence-corrected chi connectivity index (χ3v) is 4.15. The molecule has 0 bridgehead atoms. The minimum absolute atomic E-state index is 0.177. The molecule has 1 amide bonds. The molecular weight excluding hydrogens is 230 g/mol. The molecule has 1 aliphatic rings. The van der Waals surface area contributed by atoms with Crippen molar-refractivity contribution in [2.45, 2.75) is 51.6 Å². The summed E-state index contributed by atoms with van der Waals surface area (Å²) in [4.78, 5) is 13.9. The monoisotopic (exact) mass is 257 g/mol. The van der Waals surface area contributed by atoms with Crippen LogP contribution in [0, 0.1) is 5.41 Å². The first-order valence-corrected chi connectivity index (χ1v) is 6.62. The van der Waals surface area contributed by atoms with Gasteiger partial charge in [0.15, 0.2) is 0 Å². The van der Waals surface area contributed by atoms with E-state index in [-0.39, 0.29) is 11.9 Å². The van der Waals surface area contributed by atoms with E-state index in [1.807, 2.05) is 7.05 Å². The lowest BCUT2D eigenvalue weighted by molar-refractivity contribution is -0.129. The summed E-state index contributed by atoms with van der Waals surface area (Å²) in [6, 6.07) is 0.140. The second-order valence-corrected chi connectivity index (χ2v) is 6.04. The van der Waals surface area contributed by atoms with Crippen LogP contribution in [-0.4, -0.2) is 43.7 Å². The number of hydrogen-bond donors (Lipinski definition) is 2. The molecule has 1 atom stereocenters. The van der Waals surface area contributed by atoms with Crippen molar-refractivity contribution in [3.05, 3.63) is 0 Å². The summed E-state index contributed by atoms with van der Waals surface area (Å²) in [5.41, 5.74) is 2.66. The van der Waals surface area contributed by atoms with Crippen LogP contribution in [0.4, 0.5) is 0 Å². The molecule has 0 aromatic carbocycles. The zero-order valence-electron chi connectivity index (χ0n) is 12.0. The molecule has 1 fully saturated rings. The Morgan fingerprint density at radius 1 is 1.50 bits per heavy atom. The summed E-state index contributed by atoms with van der Waals surface area (Å²) in [6.45, 7) is 4.99. The Morgan fingerprint density at radius 2 is 2.06 bits per heavy atom. The average molecular weight is 257 g/mol. The van der Waals surface area contributed by atoms with Gasteiger partial charge in [0.05, 0.1) is 6.61 Å². The lowest BCUT2D eigenvalue weighted by Gasteiger charge is -2.41. The van der Waals surface area contributed by atoms with Gasteiger partial charge in [0.1, 0.15) is 6.04 Å². The fourth-order valence-corrected chi connectivity index (χ4v) is 2.68. The van der Waals surface area contributed by atoms with Gasteiger partial charge in [0.25, 0.3) is 5.91 Å². The normalized spacial score (nSPS) is 21.9. The smallest absolute Gasteiger partial charge is 0.253 e. The Labute approximate surface area is 110 Å². The number of nitrogens with two attached hydrogens (primary N) is 1. The van der Waals surface area contributed by atoms with E-state index < -0.39 is 0 Å². The van der Waals surface area contributed by atoms with Gasteiger partial charge in [-0.05, 0) is 38.1 Å². The summed E-state index contributed by atoms with van der Waals surface area (Å²) in [5, 5.41) is 0. The van der Waals surface area contributed by atoms with E-state index in [4.69, 9.17) is 10.6 Å². The standard InChI is InChI=1S/C13H27N3O2/c1-13(2)7-5-10(6-8-13)16(3)11(9-18-4)12(17)15-14/h10-11H,5-9,14H2,1-4H3,(H,15,17). The zero-order chi connectivity index (χ0) is 13.8. The molecule has 1 unspecified atom stereocenters. The topological polar surface area (TPSA) is 67.6 Å². The van der Waals surface area contributed by atoms with Crippen molar-refractivity contribution < 1.29 is 9.53 Å². The SMILES string of the molecule is COCC(C(=O)NN)N(C)C1CCC(C)(C)CC1. The van der Waals surface area contributed by atoms with Gasteiger partial charge >= 0.3 is 0 Å². The minimum atomic E-state index is -0.300. The van der Waals surface area contributed by atoms with Gasteiger partial charge in [0, 0.05) is 13.2 Å². The highest BCUT2D eigenvalue weighted by atomic mass is 16.5. The van der Waals surface area contributed by atoms with Crippen LogP contribution in [0.25, 0.3) is 0 Å². The number of carbonyl (C=O) groups is 1. The molecule has 0 aromatic heterocycles. The molecule has 0 spiro atoms. The van der Waals surface area contributed by atoms with E-state index in [1.165, 1.54) is 12.8 Å². The molecule has 3 N–H and O–H groups in total. The van der Waals surface area contributed by atoms with Crippen molar-refractivity contribution in [1.29, 1.82) is 0 Å². The average Bonchev–Trinajstić information content (AvgIpc) is 2.34. The molecule has 5 heteroatoms. The first-order valence-electron chi connectivity index (χ1n) is 6.62. The Kier molecular flexibility index (Phi) is 5.56. The first kappa shape index (κ1) is 15.4. The highest BCUT2D eigenvalue weighted by Crippen LogP contribution is 2.36. The van der Waals surface area contributed by atoms with Crippen molar-refractivity contribution >= 4 is 5.91 Å². The third kappa shape index (κ3) is 3.93. The highest BCUT2D eigenvalue weighted by Gasteiger charge is 2.33. The number of methoxy groups -OCH3 is 1. The number of hydrazine groups is 1. The summed E-state index contributed by atoms with van der Waals surface area (Å²) in [6.07, 6.45) is 4.65. The predicted octanol–water partition coefficient (Wildman–Crippen LogP) is 0.892. The highest BCUT2D eigenvalue weighted by molar-refractivity contribution is 5.81. The molecule has 18 heavy (non-hydrogen) atoms. The molecule has 1 aliphatic carbocycles. The lowest BCUT2D eigenvalue weighted by atomic mass is 9.75. The molecule has 106 valence electrons. The van der Waals surface area contributed by atoms with Crippen LogP contribution in [0.5, 0.6) is 0 Å². The van der Waals surface area contributed by atoms with E-state index in [1.54, 1.807) is 7.11 Å². The van der Waals surface area contributed by atoms with Crippen molar-refractivity contribution in [2.75, 3.05) is 20.8 Å². The fourth-order valence-electron chi connectivity index (χ4n) is 2.68. The van der Waals surface area contributed by atoms with Gasteiger partial charge in [-0.3, -0.25) is 15.1 Å². The molecule has 0 saturated heterocycles. The van der Waals surface area contributed by atoms with Gasteiger partial charge in [0.2, 0.25) is 0 Å². The molecule has 5 nitrogen and oxygen atoms in total. The van der Waals surface area contributed by atoms with Gasteiger partial charge in [-0.1, -0.05) is 13.8 Å². The number of carbonyl (C=O) groups excluding carboxylic acids is 1. The van der Waals surface area contributed by atoms with Crippen molar-refractivity contribution in [2.24, 2.45) is 11.3 Å². The van der Waals surface area contributed by atoms with Crippen LogP contribution in [0.2, 0.25) is 0 Å². The zero-order valence-corrected chi connectivity index (χ0v) is 12.0. The molecule has 0 aromatic rings. The van der Waals surface area contributed by atoms with Gasteiger partial charge in [-0.2, -0.15) is 0 Å². The molecule has 0 aliphatic heterocycles. The third-order valence-electron chi connectivity index (χ3n) is 4.15. The summed E-state index contributed by atoms with van der Waals surface area (Å²) >= 11 is 0. The van der Waals surface area contributed by atoms with E-state index in [2.05, 4.69) is 24.2 Å². The van der Waals surface area contributed by atoms with Gasteiger partial charge < -0.3 is 4.74 Å². The van der Waals surface area contributed by atoms with Gasteiger partial charge in [-0.15, -0.1) is 0 Å². The van der Waals surface area contributed by atoms with E-state index in [0.29, 0.717) is 18.1 Å². The predicted molar refractivity (Wildman–Crippen MR) is 71.8 cm³/mol. The van der Waals surface area contributed by atoms with Crippen molar-refractivity contribution in [1.82, 2.24) is 10.3 Å². The largest absolute Gasteiger partial charge is 0.383 e. The summed E-state index contributed by atoms with van der Waals surface area (Å²) < 4.78 is 5.12. The first-order chi connectivity index (χ1) is 8.41. The number of rotatable bonds is 5. The number of nitrogens with zero attached hydrogens (tertiary/aromatic N) is 1. The maximum Gasteiger partial charge on any atom is 0.253 e. The Bertz CT molecular complexity index is 271. The molecular formula is C13H27N3O2. The van der Waals surface area contributed by atoms with Crippen LogP contribution in [0.3, 0.4) is 0 Å². The fraction of sp³-hybridized carbons (Fsp3) is 0.923. The molecule has 1 rings (SSSR count). The maximum atomic E-state index is 11.8. The second-order valence-electron chi connectivity index (χ2n) is 6.04. The number of likely N-dealkylation sites (N-methyl/N-ethyl adjacent to an activating group) is 1. The van der Waals surface area contributed by atoms with Crippen LogP contribution < -0.4 is 11.3 Å². The van der Waals surface area contributed by atoms with Crippen molar-refractivity contribution in [3.8, 4) is 0 Å². The number of amides is 1. The van der Waals surface area contributed by atoms with E-state index in [9.17, 15) is 4.79 Å². The van der Waals surface area contributed by atoms with E-state index in [0.717, 1.165) is 12.8 Å². The number of nitrogens with one attached hydrogen (secondary N) is 1. The summed E-state index contributed by atoms with van der Waals surface area (Å²) in [7, 11) is 3.59. The molecule has 0 radical (unpaired) electrons. The maximum absolute atomic E-state index is 11.8. The van der Waals surface area contributed by atoms with Gasteiger partial charge in [-0.25, -0.2) is 5.84 Å². The van der Waals surface area contributed by atoms with E-state index >= 15 is 0 Å². The lowest BCUT2D eigenvalue weighted by Crippen LogP contribution is -2.54. The summed E-state index contributed by atoms with van der Waals surface area (Å²) in [5.74, 6) is 5.06. The number of ether oxygens (including phenoxy) is 1. The van der Waals surface area contributed by atoms with Crippen molar-refractivity contribution in [3.63, 3.8) is 0 Å². The quantitative estimate of drug-likeness (QED) is 0.436. The Hall–Kier alpha value is -0.650. The Morgan fingerprint density at radius 3 is 2.50 bits per heavy atom. The van der Waals surface area contributed by atoms with Crippen LogP contribution >= 0.6 is 0 Å². The Balaban J connectivity index is 2.61.